The first-order valence-electron chi connectivity index (χ1n) is 6.72. The molecule has 108 valence electrons. The van der Waals surface area contributed by atoms with Crippen LogP contribution in [0.25, 0.3) is 0 Å². The van der Waals surface area contributed by atoms with E-state index < -0.39 is 10.0 Å². The smallest absolute Gasteiger partial charge is 0.213 e. The summed E-state index contributed by atoms with van der Waals surface area (Å²) in [5, 5.41) is 3.40. The van der Waals surface area contributed by atoms with Crippen molar-refractivity contribution in [2.45, 2.75) is 38.1 Å². The SMILES string of the molecule is CSCCCN(C)S(=O)(=O)CCCCNC1CC1. The lowest BCUT2D eigenvalue weighted by atomic mass is 10.3. The summed E-state index contributed by atoms with van der Waals surface area (Å²) in [6.45, 7) is 1.60. The summed E-state index contributed by atoms with van der Waals surface area (Å²) >= 11 is 1.76. The molecular weight excluding hydrogens is 268 g/mol. The predicted molar refractivity (Wildman–Crippen MR) is 79.7 cm³/mol. The van der Waals surface area contributed by atoms with E-state index in [0.717, 1.165) is 37.6 Å². The zero-order valence-corrected chi connectivity index (χ0v) is 13.2. The molecule has 0 amide bonds. The molecule has 1 fully saturated rings. The average molecular weight is 294 g/mol. The Morgan fingerprint density at radius 1 is 1.28 bits per heavy atom. The van der Waals surface area contributed by atoms with Gasteiger partial charge in [0.1, 0.15) is 0 Å². The molecule has 18 heavy (non-hydrogen) atoms. The number of unbranched alkanes of at least 4 members (excludes halogenated alkanes) is 1. The molecule has 0 aromatic carbocycles. The fourth-order valence-electron chi connectivity index (χ4n) is 1.73. The van der Waals surface area contributed by atoms with Gasteiger partial charge in [-0.15, -0.1) is 0 Å². The van der Waals surface area contributed by atoms with Crippen molar-refractivity contribution in [3.05, 3.63) is 0 Å². The van der Waals surface area contributed by atoms with Crippen LogP contribution in [-0.2, 0) is 10.0 Å². The Morgan fingerprint density at radius 3 is 2.61 bits per heavy atom. The van der Waals surface area contributed by atoms with Crippen LogP contribution < -0.4 is 5.32 Å². The third-order valence-corrected chi connectivity index (χ3v) is 5.77. The van der Waals surface area contributed by atoms with Gasteiger partial charge in [0.05, 0.1) is 5.75 Å². The van der Waals surface area contributed by atoms with Crippen LogP contribution in [-0.4, -0.2) is 56.7 Å². The molecule has 0 aromatic rings. The summed E-state index contributed by atoms with van der Waals surface area (Å²) in [7, 11) is -1.34. The Balaban J connectivity index is 2.08. The number of sulfonamides is 1. The summed E-state index contributed by atoms with van der Waals surface area (Å²) in [4.78, 5) is 0. The second kappa shape index (κ2) is 8.40. The molecule has 6 heteroatoms. The number of thioether (sulfide) groups is 1. The molecule has 0 atom stereocenters. The van der Waals surface area contributed by atoms with Crippen molar-refractivity contribution in [3.63, 3.8) is 0 Å². The third kappa shape index (κ3) is 6.97. The maximum atomic E-state index is 11.9. The Hall–Kier alpha value is 0.220. The van der Waals surface area contributed by atoms with Crippen LogP contribution >= 0.6 is 11.8 Å². The van der Waals surface area contributed by atoms with Crippen molar-refractivity contribution in [2.75, 3.05) is 37.9 Å². The number of hydrogen-bond donors (Lipinski definition) is 1. The molecule has 1 saturated carbocycles. The molecule has 0 radical (unpaired) electrons. The van der Waals surface area contributed by atoms with Gasteiger partial charge in [-0.3, -0.25) is 0 Å². The molecule has 4 nitrogen and oxygen atoms in total. The van der Waals surface area contributed by atoms with Gasteiger partial charge in [0.25, 0.3) is 0 Å². The Morgan fingerprint density at radius 2 is 2.00 bits per heavy atom. The Bertz CT molecular complexity index is 316. The molecule has 0 unspecified atom stereocenters. The van der Waals surface area contributed by atoms with Gasteiger partial charge in [-0.1, -0.05) is 0 Å². The number of nitrogens with zero attached hydrogens (tertiary/aromatic N) is 1. The normalized spacial score (nSPS) is 16.4. The van der Waals surface area contributed by atoms with Crippen molar-refractivity contribution in [2.24, 2.45) is 0 Å². The van der Waals surface area contributed by atoms with E-state index in [-0.39, 0.29) is 5.75 Å². The van der Waals surface area contributed by atoms with Crippen LogP contribution in [0, 0.1) is 0 Å². The van der Waals surface area contributed by atoms with E-state index in [9.17, 15) is 8.42 Å². The molecule has 1 aliphatic rings. The van der Waals surface area contributed by atoms with E-state index in [4.69, 9.17) is 0 Å². The monoisotopic (exact) mass is 294 g/mol. The largest absolute Gasteiger partial charge is 0.314 e. The minimum Gasteiger partial charge on any atom is -0.314 e. The quantitative estimate of drug-likeness (QED) is 0.587. The first-order chi connectivity index (χ1) is 8.56. The maximum absolute atomic E-state index is 11.9. The average Bonchev–Trinajstić information content (AvgIpc) is 3.12. The fourth-order valence-corrected chi connectivity index (χ4v) is 3.44. The number of rotatable bonds is 11. The summed E-state index contributed by atoms with van der Waals surface area (Å²) in [5.41, 5.74) is 0. The van der Waals surface area contributed by atoms with E-state index in [1.807, 2.05) is 6.26 Å². The number of hydrogen-bond acceptors (Lipinski definition) is 4. The Labute approximate surface area is 116 Å². The molecule has 1 N–H and O–H groups in total. The van der Waals surface area contributed by atoms with Gasteiger partial charge in [-0.2, -0.15) is 11.8 Å². The van der Waals surface area contributed by atoms with Crippen molar-refractivity contribution in [1.29, 1.82) is 0 Å². The molecule has 0 heterocycles. The molecule has 1 aliphatic carbocycles. The van der Waals surface area contributed by atoms with Crippen LogP contribution in [0.5, 0.6) is 0 Å². The van der Waals surface area contributed by atoms with Gasteiger partial charge < -0.3 is 5.32 Å². The van der Waals surface area contributed by atoms with Crippen LogP contribution in [0.2, 0.25) is 0 Å². The van der Waals surface area contributed by atoms with E-state index in [2.05, 4.69) is 5.32 Å². The van der Waals surface area contributed by atoms with Gasteiger partial charge in [-0.05, 0) is 50.7 Å². The van der Waals surface area contributed by atoms with Crippen molar-refractivity contribution >= 4 is 21.8 Å². The maximum Gasteiger partial charge on any atom is 0.213 e. The highest BCUT2D eigenvalue weighted by atomic mass is 32.2. The lowest BCUT2D eigenvalue weighted by molar-refractivity contribution is 0.467. The third-order valence-electron chi connectivity index (χ3n) is 3.14. The first kappa shape index (κ1) is 16.3. The lowest BCUT2D eigenvalue weighted by Crippen LogP contribution is -2.30. The summed E-state index contributed by atoms with van der Waals surface area (Å²) < 4.78 is 25.4. The van der Waals surface area contributed by atoms with Crippen LogP contribution in [0.1, 0.15) is 32.1 Å². The molecule has 0 bridgehead atoms. The minimum absolute atomic E-state index is 0.287. The highest BCUT2D eigenvalue weighted by Crippen LogP contribution is 2.18. The first-order valence-corrected chi connectivity index (χ1v) is 9.73. The molecule has 0 spiro atoms. The van der Waals surface area contributed by atoms with Crippen LogP contribution in [0.15, 0.2) is 0 Å². The van der Waals surface area contributed by atoms with Gasteiger partial charge >= 0.3 is 0 Å². The Kier molecular flexibility index (Phi) is 7.60. The fraction of sp³-hybridized carbons (Fsp3) is 1.00. The van der Waals surface area contributed by atoms with Crippen molar-refractivity contribution in [3.8, 4) is 0 Å². The molecule has 0 saturated heterocycles. The molecule has 1 rings (SSSR count). The summed E-state index contributed by atoms with van der Waals surface area (Å²) in [6.07, 6.45) is 7.26. The van der Waals surface area contributed by atoms with E-state index in [1.165, 1.54) is 17.1 Å². The van der Waals surface area contributed by atoms with Gasteiger partial charge in [0, 0.05) is 19.6 Å². The standard InChI is InChI=1S/C12H26N2O2S2/c1-14(9-5-10-17-2)18(15,16)11-4-3-8-13-12-6-7-12/h12-13H,3-11H2,1-2H3. The van der Waals surface area contributed by atoms with E-state index in [0.29, 0.717) is 6.54 Å². The molecular formula is C12H26N2O2S2. The minimum atomic E-state index is -3.03. The summed E-state index contributed by atoms with van der Waals surface area (Å²) in [6, 6.07) is 0.718. The second-order valence-electron chi connectivity index (χ2n) is 4.92. The van der Waals surface area contributed by atoms with E-state index in [1.54, 1.807) is 18.8 Å². The summed E-state index contributed by atoms with van der Waals surface area (Å²) in [5.74, 6) is 1.31. The molecule has 0 aliphatic heterocycles. The van der Waals surface area contributed by atoms with Crippen LogP contribution in [0.3, 0.4) is 0 Å². The number of nitrogens with one attached hydrogen (secondary N) is 1. The highest BCUT2D eigenvalue weighted by Gasteiger charge is 2.20. The van der Waals surface area contributed by atoms with Gasteiger partial charge in [0.15, 0.2) is 0 Å². The zero-order chi connectivity index (χ0) is 13.4. The predicted octanol–water partition coefficient (Wildman–Crippen LogP) is 1.53. The lowest BCUT2D eigenvalue weighted by Gasteiger charge is -2.16. The molecule has 0 aromatic heterocycles. The van der Waals surface area contributed by atoms with Gasteiger partial charge in [-0.25, -0.2) is 12.7 Å². The zero-order valence-electron chi connectivity index (χ0n) is 11.5. The van der Waals surface area contributed by atoms with E-state index >= 15 is 0 Å². The second-order valence-corrected chi connectivity index (χ2v) is 8.10. The topological polar surface area (TPSA) is 49.4 Å². The highest BCUT2D eigenvalue weighted by molar-refractivity contribution is 7.98. The van der Waals surface area contributed by atoms with Gasteiger partial charge in [0.2, 0.25) is 10.0 Å². The van der Waals surface area contributed by atoms with Crippen LogP contribution in [0.4, 0.5) is 0 Å². The van der Waals surface area contributed by atoms with Crippen molar-refractivity contribution < 1.29 is 8.42 Å². The van der Waals surface area contributed by atoms with Crippen molar-refractivity contribution in [1.82, 2.24) is 9.62 Å².